The topological polar surface area (TPSA) is 71.5 Å². The first-order chi connectivity index (χ1) is 14.6. The van der Waals surface area contributed by atoms with E-state index in [1.807, 2.05) is 0 Å². The molecule has 2 aromatic carbocycles. The van der Waals surface area contributed by atoms with Crippen LogP contribution in [0.25, 0.3) is 11.1 Å². The van der Waals surface area contributed by atoms with Crippen molar-refractivity contribution in [3.8, 4) is 22.8 Å². The van der Waals surface area contributed by atoms with Crippen LogP contribution in [-0.2, 0) is 6.18 Å². The normalized spacial score (nSPS) is 12.3. The number of aliphatic hydroxyl groups excluding tert-OH is 1. The maximum atomic E-state index is 13.8. The lowest BCUT2D eigenvalue weighted by Crippen LogP contribution is -2.30. The minimum atomic E-state index is -4.48. The predicted octanol–water partition coefficient (Wildman–Crippen LogP) is 4.81. The van der Waals surface area contributed by atoms with E-state index in [1.165, 1.54) is 37.4 Å². The van der Waals surface area contributed by atoms with E-state index in [2.05, 4.69) is 10.3 Å². The average Bonchev–Trinajstić information content (AvgIpc) is 2.72. The molecular formula is C22H18F4N2O3. The third-order valence-electron chi connectivity index (χ3n) is 4.20. The number of ether oxygens (including phenoxy) is 1. The number of aromatic nitrogens is 1. The fourth-order valence-corrected chi connectivity index (χ4v) is 2.69. The van der Waals surface area contributed by atoms with Crippen molar-refractivity contribution in [2.24, 2.45) is 0 Å². The summed E-state index contributed by atoms with van der Waals surface area (Å²) in [5.41, 5.74) is -0.0633. The van der Waals surface area contributed by atoms with Gasteiger partial charge in [0.1, 0.15) is 11.6 Å². The molecule has 9 heteroatoms. The first-order valence-electron chi connectivity index (χ1n) is 9.21. The van der Waals surface area contributed by atoms with E-state index < -0.39 is 29.6 Å². The highest BCUT2D eigenvalue weighted by Crippen LogP contribution is 2.34. The molecular weight excluding hydrogens is 416 g/mol. The van der Waals surface area contributed by atoms with Gasteiger partial charge in [0.15, 0.2) is 0 Å². The first-order valence-corrected chi connectivity index (χ1v) is 9.21. The van der Waals surface area contributed by atoms with Gasteiger partial charge in [0.2, 0.25) is 5.88 Å². The van der Waals surface area contributed by atoms with E-state index in [1.54, 1.807) is 6.07 Å². The SMILES string of the molecule is CC(O)CNC(=O)c1cnc(Oc2ccc(C(F)(F)F)cc2)c(-c2cccc(F)c2)c1. The number of aliphatic hydroxyl groups is 1. The van der Waals surface area contributed by atoms with Crippen LogP contribution in [0.3, 0.4) is 0 Å². The number of nitrogens with zero attached hydrogens (tertiary/aromatic N) is 1. The summed E-state index contributed by atoms with van der Waals surface area (Å²) in [6, 6.07) is 11.0. The fourth-order valence-electron chi connectivity index (χ4n) is 2.69. The predicted molar refractivity (Wildman–Crippen MR) is 105 cm³/mol. The molecule has 162 valence electrons. The molecule has 0 spiro atoms. The number of pyridine rings is 1. The number of carbonyl (C=O) groups is 1. The first kappa shape index (κ1) is 22.2. The zero-order chi connectivity index (χ0) is 22.6. The highest BCUT2D eigenvalue weighted by molar-refractivity contribution is 5.95. The van der Waals surface area contributed by atoms with Gasteiger partial charge in [0.25, 0.3) is 5.91 Å². The standard InChI is InChI=1S/C22H18F4N2O3/c1-13(29)11-27-20(30)15-10-19(14-3-2-4-17(23)9-14)21(28-12-15)31-18-7-5-16(6-8-18)22(24,25)26/h2-10,12-13,29H,11H2,1H3,(H,27,30). The number of hydrogen-bond acceptors (Lipinski definition) is 4. The van der Waals surface area contributed by atoms with Crippen molar-refractivity contribution in [2.75, 3.05) is 6.54 Å². The number of benzene rings is 2. The second-order valence-corrected chi connectivity index (χ2v) is 6.77. The maximum absolute atomic E-state index is 13.8. The van der Waals surface area contributed by atoms with Crippen LogP contribution < -0.4 is 10.1 Å². The minimum Gasteiger partial charge on any atom is -0.438 e. The molecule has 0 fully saturated rings. The molecule has 1 unspecified atom stereocenters. The third-order valence-corrected chi connectivity index (χ3v) is 4.20. The van der Waals surface area contributed by atoms with Gasteiger partial charge in [-0.15, -0.1) is 0 Å². The molecule has 0 aliphatic carbocycles. The lowest BCUT2D eigenvalue weighted by molar-refractivity contribution is -0.137. The largest absolute Gasteiger partial charge is 0.438 e. The summed E-state index contributed by atoms with van der Waals surface area (Å²) in [5.74, 6) is -0.962. The maximum Gasteiger partial charge on any atom is 0.416 e. The van der Waals surface area contributed by atoms with Crippen molar-refractivity contribution >= 4 is 5.91 Å². The Bertz CT molecular complexity index is 1070. The zero-order valence-electron chi connectivity index (χ0n) is 16.3. The molecule has 1 aromatic heterocycles. The fraction of sp³-hybridized carbons (Fsp3) is 0.182. The van der Waals surface area contributed by atoms with E-state index in [0.29, 0.717) is 5.56 Å². The Kier molecular flexibility index (Phi) is 6.55. The summed E-state index contributed by atoms with van der Waals surface area (Å²) in [6.45, 7) is 1.54. The van der Waals surface area contributed by atoms with Crippen LogP contribution in [-0.4, -0.2) is 28.6 Å². The van der Waals surface area contributed by atoms with Gasteiger partial charge >= 0.3 is 6.18 Å². The van der Waals surface area contributed by atoms with E-state index in [-0.39, 0.29) is 29.3 Å². The number of halogens is 4. The number of alkyl halides is 3. The molecule has 3 rings (SSSR count). The van der Waals surface area contributed by atoms with E-state index in [9.17, 15) is 27.5 Å². The molecule has 2 N–H and O–H groups in total. The molecule has 1 atom stereocenters. The van der Waals surface area contributed by atoms with Crippen LogP contribution in [0.1, 0.15) is 22.8 Å². The molecule has 0 aliphatic heterocycles. The van der Waals surface area contributed by atoms with Crippen LogP contribution >= 0.6 is 0 Å². The number of carbonyl (C=O) groups excluding carboxylic acids is 1. The Morgan fingerprint density at radius 2 is 1.87 bits per heavy atom. The summed E-state index contributed by atoms with van der Waals surface area (Å²) in [5, 5.41) is 11.9. The molecule has 0 saturated heterocycles. The van der Waals surface area contributed by atoms with Crippen LogP contribution in [0.15, 0.2) is 60.8 Å². The molecule has 3 aromatic rings. The van der Waals surface area contributed by atoms with E-state index in [0.717, 1.165) is 24.3 Å². The molecule has 0 saturated carbocycles. The number of rotatable bonds is 6. The van der Waals surface area contributed by atoms with Crippen molar-refractivity contribution in [3.05, 3.63) is 77.7 Å². The summed E-state index contributed by atoms with van der Waals surface area (Å²) >= 11 is 0. The van der Waals surface area contributed by atoms with Crippen LogP contribution in [0.5, 0.6) is 11.6 Å². The second-order valence-electron chi connectivity index (χ2n) is 6.77. The lowest BCUT2D eigenvalue weighted by atomic mass is 10.0. The lowest BCUT2D eigenvalue weighted by Gasteiger charge is -2.13. The van der Waals surface area contributed by atoms with Gasteiger partial charge in [-0.3, -0.25) is 4.79 Å². The van der Waals surface area contributed by atoms with Crippen molar-refractivity contribution < 1.29 is 32.2 Å². The molecule has 31 heavy (non-hydrogen) atoms. The Morgan fingerprint density at radius 3 is 2.48 bits per heavy atom. The van der Waals surface area contributed by atoms with Crippen molar-refractivity contribution in [1.82, 2.24) is 10.3 Å². The van der Waals surface area contributed by atoms with Crippen molar-refractivity contribution in [1.29, 1.82) is 0 Å². The van der Waals surface area contributed by atoms with Crippen molar-refractivity contribution in [3.63, 3.8) is 0 Å². The molecule has 0 aliphatic rings. The monoisotopic (exact) mass is 434 g/mol. The van der Waals surface area contributed by atoms with Gasteiger partial charge in [-0.1, -0.05) is 12.1 Å². The van der Waals surface area contributed by atoms with Crippen molar-refractivity contribution in [2.45, 2.75) is 19.2 Å². The van der Waals surface area contributed by atoms with E-state index >= 15 is 0 Å². The van der Waals surface area contributed by atoms with Gasteiger partial charge in [0, 0.05) is 18.3 Å². The van der Waals surface area contributed by atoms with Crippen LogP contribution in [0.2, 0.25) is 0 Å². The average molecular weight is 434 g/mol. The number of nitrogens with one attached hydrogen (secondary N) is 1. The second kappa shape index (κ2) is 9.13. The highest BCUT2D eigenvalue weighted by Gasteiger charge is 2.30. The Labute approximate surface area is 175 Å². The molecule has 0 radical (unpaired) electrons. The van der Waals surface area contributed by atoms with Crippen LogP contribution in [0.4, 0.5) is 17.6 Å². The van der Waals surface area contributed by atoms with E-state index in [4.69, 9.17) is 4.74 Å². The Balaban J connectivity index is 1.96. The van der Waals surface area contributed by atoms with Gasteiger partial charge in [-0.25, -0.2) is 9.37 Å². The van der Waals surface area contributed by atoms with Gasteiger partial charge in [-0.05, 0) is 55.0 Å². The summed E-state index contributed by atoms with van der Waals surface area (Å²) in [7, 11) is 0. The Morgan fingerprint density at radius 1 is 1.16 bits per heavy atom. The Hall–Kier alpha value is -3.46. The number of amides is 1. The molecule has 1 amide bonds. The van der Waals surface area contributed by atoms with Gasteiger partial charge in [-0.2, -0.15) is 13.2 Å². The zero-order valence-corrected chi connectivity index (χ0v) is 16.3. The summed E-state index contributed by atoms with van der Waals surface area (Å²) < 4.78 is 57.7. The highest BCUT2D eigenvalue weighted by atomic mass is 19.4. The minimum absolute atomic E-state index is 0.0163. The molecule has 5 nitrogen and oxygen atoms in total. The summed E-state index contributed by atoms with van der Waals surface area (Å²) in [6.07, 6.45) is -4.01. The summed E-state index contributed by atoms with van der Waals surface area (Å²) in [4.78, 5) is 16.4. The number of hydrogen-bond donors (Lipinski definition) is 2. The third kappa shape index (κ3) is 5.79. The smallest absolute Gasteiger partial charge is 0.416 e. The quantitative estimate of drug-likeness (QED) is 0.547. The van der Waals surface area contributed by atoms with Gasteiger partial charge in [0.05, 0.1) is 17.2 Å². The molecule has 0 bridgehead atoms. The van der Waals surface area contributed by atoms with Crippen LogP contribution in [0, 0.1) is 5.82 Å². The molecule has 1 heterocycles. The van der Waals surface area contributed by atoms with Gasteiger partial charge < -0.3 is 15.2 Å².